The van der Waals surface area contributed by atoms with Crippen LogP contribution in [0.25, 0.3) is 0 Å². The maximum absolute atomic E-state index is 5.26. The summed E-state index contributed by atoms with van der Waals surface area (Å²) in [6.45, 7) is 4.85. The third-order valence-electron chi connectivity index (χ3n) is 1.94. The summed E-state index contributed by atoms with van der Waals surface area (Å²) in [6.07, 6.45) is 6.53. The van der Waals surface area contributed by atoms with Crippen LogP contribution in [0.4, 0.5) is 0 Å². The molecule has 0 saturated heterocycles. The number of rotatable bonds is 6. The van der Waals surface area contributed by atoms with Gasteiger partial charge in [-0.15, -0.1) is 0 Å². The van der Waals surface area contributed by atoms with E-state index in [0.717, 1.165) is 26.2 Å². The fourth-order valence-corrected chi connectivity index (χ4v) is 1.23. The molecular weight excluding hydrogens is 162 g/mol. The van der Waals surface area contributed by atoms with Crippen LogP contribution in [0, 0.1) is 0 Å². The summed E-state index contributed by atoms with van der Waals surface area (Å²) in [5, 5.41) is 0. The van der Waals surface area contributed by atoms with Crippen LogP contribution < -0.4 is 4.57 Å². The second-order valence-electron chi connectivity index (χ2n) is 3.02. The molecule has 13 heavy (non-hydrogen) atoms. The lowest BCUT2D eigenvalue weighted by Gasteiger charge is -1.98. The SMILES string of the molecule is CCOCCCC[n+]1ccccc1. The van der Waals surface area contributed by atoms with E-state index < -0.39 is 0 Å². The predicted molar refractivity (Wildman–Crippen MR) is 52.4 cm³/mol. The topological polar surface area (TPSA) is 13.1 Å². The molecule has 2 nitrogen and oxygen atoms in total. The second-order valence-corrected chi connectivity index (χ2v) is 3.02. The minimum Gasteiger partial charge on any atom is -0.382 e. The molecular formula is C11H18NO+. The molecule has 0 spiro atoms. The first kappa shape index (κ1) is 10.2. The largest absolute Gasteiger partial charge is 0.382 e. The molecule has 2 heteroatoms. The van der Waals surface area contributed by atoms with Crippen LogP contribution in [0.1, 0.15) is 19.8 Å². The van der Waals surface area contributed by atoms with Gasteiger partial charge >= 0.3 is 0 Å². The van der Waals surface area contributed by atoms with Crippen LogP contribution in [0.3, 0.4) is 0 Å². The van der Waals surface area contributed by atoms with Crippen molar-refractivity contribution >= 4 is 0 Å². The molecule has 0 aliphatic carbocycles. The Balaban J connectivity index is 2.07. The Hall–Kier alpha value is -0.890. The number of nitrogens with zero attached hydrogens (tertiary/aromatic N) is 1. The number of unbranched alkanes of at least 4 members (excludes halogenated alkanes) is 1. The van der Waals surface area contributed by atoms with Gasteiger partial charge in [0.25, 0.3) is 0 Å². The molecule has 0 N–H and O–H groups in total. The molecule has 0 aromatic carbocycles. The number of aromatic nitrogens is 1. The van der Waals surface area contributed by atoms with Gasteiger partial charge in [0.2, 0.25) is 0 Å². The van der Waals surface area contributed by atoms with E-state index in [1.54, 1.807) is 0 Å². The fourth-order valence-electron chi connectivity index (χ4n) is 1.23. The summed E-state index contributed by atoms with van der Waals surface area (Å²) in [7, 11) is 0. The Labute approximate surface area is 80.2 Å². The highest BCUT2D eigenvalue weighted by molar-refractivity contribution is 4.83. The molecule has 0 aliphatic heterocycles. The maximum atomic E-state index is 5.26. The summed E-state index contributed by atoms with van der Waals surface area (Å²) < 4.78 is 7.46. The van der Waals surface area contributed by atoms with Gasteiger partial charge in [0.05, 0.1) is 0 Å². The first-order valence-electron chi connectivity index (χ1n) is 4.95. The van der Waals surface area contributed by atoms with Crippen LogP contribution in [0.2, 0.25) is 0 Å². The lowest BCUT2D eigenvalue weighted by atomic mass is 10.3. The molecule has 0 unspecified atom stereocenters. The highest BCUT2D eigenvalue weighted by Gasteiger charge is 1.96. The minimum absolute atomic E-state index is 0.832. The Kier molecular flexibility index (Phi) is 5.18. The van der Waals surface area contributed by atoms with E-state index >= 15 is 0 Å². The zero-order chi connectivity index (χ0) is 9.36. The highest BCUT2D eigenvalue weighted by atomic mass is 16.5. The molecule has 0 atom stereocenters. The predicted octanol–water partition coefficient (Wildman–Crippen LogP) is 1.79. The number of aryl methyl sites for hydroxylation is 1. The molecule has 0 amide bonds. The third kappa shape index (κ3) is 4.63. The molecule has 0 fully saturated rings. The highest BCUT2D eigenvalue weighted by Crippen LogP contribution is 1.90. The van der Waals surface area contributed by atoms with Gasteiger partial charge in [-0.25, -0.2) is 4.57 Å². The van der Waals surface area contributed by atoms with Crippen LogP contribution in [0.5, 0.6) is 0 Å². The standard InChI is InChI=1S/C11H18NO/c1-2-13-11-7-6-10-12-8-4-3-5-9-12/h3-5,8-9H,2,6-7,10-11H2,1H3/q+1. The first-order chi connectivity index (χ1) is 6.43. The molecule has 72 valence electrons. The van der Waals surface area contributed by atoms with Gasteiger partial charge in [0.1, 0.15) is 6.54 Å². The average molecular weight is 180 g/mol. The number of hydrogen-bond acceptors (Lipinski definition) is 1. The first-order valence-corrected chi connectivity index (χ1v) is 4.95. The molecule has 0 bridgehead atoms. The van der Waals surface area contributed by atoms with E-state index in [-0.39, 0.29) is 0 Å². The summed E-state index contributed by atoms with van der Waals surface area (Å²) >= 11 is 0. The molecule has 0 aliphatic rings. The van der Waals surface area contributed by atoms with Crippen molar-refractivity contribution in [1.29, 1.82) is 0 Å². The van der Waals surface area contributed by atoms with Gasteiger partial charge in [-0.3, -0.25) is 0 Å². The lowest BCUT2D eigenvalue weighted by Crippen LogP contribution is -2.32. The zero-order valence-electron chi connectivity index (χ0n) is 8.28. The van der Waals surface area contributed by atoms with Crippen LogP contribution >= 0.6 is 0 Å². The van der Waals surface area contributed by atoms with E-state index in [1.165, 1.54) is 6.42 Å². The van der Waals surface area contributed by atoms with Crippen molar-refractivity contribution in [2.75, 3.05) is 13.2 Å². The lowest BCUT2D eigenvalue weighted by molar-refractivity contribution is -0.697. The molecule has 1 aromatic rings. The summed E-state index contributed by atoms with van der Waals surface area (Å²) in [6, 6.07) is 6.15. The maximum Gasteiger partial charge on any atom is 0.168 e. The van der Waals surface area contributed by atoms with Crippen molar-refractivity contribution < 1.29 is 9.30 Å². The molecule has 0 saturated carbocycles. The van der Waals surface area contributed by atoms with Crippen LogP contribution in [-0.4, -0.2) is 13.2 Å². The summed E-state index contributed by atoms with van der Waals surface area (Å²) in [5.74, 6) is 0. The monoisotopic (exact) mass is 180 g/mol. The average Bonchev–Trinajstić information content (AvgIpc) is 2.19. The Morgan fingerprint density at radius 1 is 1.08 bits per heavy atom. The van der Waals surface area contributed by atoms with Gasteiger partial charge < -0.3 is 4.74 Å². The van der Waals surface area contributed by atoms with E-state index in [1.807, 2.05) is 13.0 Å². The second kappa shape index (κ2) is 6.61. The Morgan fingerprint density at radius 2 is 1.85 bits per heavy atom. The van der Waals surface area contributed by atoms with E-state index in [9.17, 15) is 0 Å². The molecule has 1 aromatic heterocycles. The summed E-state index contributed by atoms with van der Waals surface area (Å²) in [4.78, 5) is 0. The van der Waals surface area contributed by atoms with Crippen molar-refractivity contribution in [3.05, 3.63) is 30.6 Å². The van der Waals surface area contributed by atoms with Crippen molar-refractivity contribution in [3.63, 3.8) is 0 Å². The van der Waals surface area contributed by atoms with Gasteiger partial charge in [-0.2, -0.15) is 0 Å². The van der Waals surface area contributed by atoms with E-state index in [4.69, 9.17) is 4.74 Å². The fraction of sp³-hybridized carbons (Fsp3) is 0.545. The number of hydrogen-bond donors (Lipinski definition) is 0. The van der Waals surface area contributed by atoms with Crippen molar-refractivity contribution in [3.8, 4) is 0 Å². The minimum atomic E-state index is 0.832. The van der Waals surface area contributed by atoms with Crippen LogP contribution in [0.15, 0.2) is 30.6 Å². The Bertz CT molecular complexity index is 211. The smallest absolute Gasteiger partial charge is 0.168 e. The molecule has 1 heterocycles. The number of ether oxygens (including phenoxy) is 1. The van der Waals surface area contributed by atoms with Crippen molar-refractivity contribution in [2.24, 2.45) is 0 Å². The van der Waals surface area contributed by atoms with Gasteiger partial charge in [-0.1, -0.05) is 6.07 Å². The van der Waals surface area contributed by atoms with E-state index in [0.29, 0.717) is 0 Å². The Morgan fingerprint density at radius 3 is 2.54 bits per heavy atom. The number of pyridine rings is 1. The quantitative estimate of drug-likeness (QED) is 0.480. The molecule has 1 rings (SSSR count). The van der Waals surface area contributed by atoms with Gasteiger partial charge in [-0.05, 0) is 13.3 Å². The summed E-state index contributed by atoms with van der Waals surface area (Å²) in [5.41, 5.74) is 0. The van der Waals surface area contributed by atoms with Crippen molar-refractivity contribution in [2.45, 2.75) is 26.3 Å². The van der Waals surface area contributed by atoms with Gasteiger partial charge in [0.15, 0.2) is 12.4 Å². The third-order valence-corrected chi connectivity index (χ3v) is 1.94. The van der Waals surface area contributed by atoms with E-state index in [2.05, 4.69) is 29.1 Å². The van der Waals surface area contributed by atoms with Gasteiger partial charge in [0, 0.05) is 31.8 Å². The zero-order valence-corrected chi connectivity index (χ0v) is 8.28. The van der Waals surface area contributed by atoms with Crippen LogP contribution in [-0.2, 0) is 11.3 Å². The molecule has 0 radical (unpaired) electrons. The normalized spacial score (nSPS) is 10.2. The van der Waals surface area contributed by atoms with Crippen molar-refractivity contribution in [1.82, 2.24) is 0 Å².